The number of H-pyrrole nitrogens is 1. The molecular weight excluding hydrogens is 220 g/mol. The maximum Gasteiger partial charge on any atom is 0.334 e. The first-order chi connectivity index (χ1) is 7.09. The van der Waals surface area contributed by atoms with Crippen molar-refractivity contribution >= 4 is 28.2 Å². The van der Waals surface area contributed by atoms with Gasteiger partial charge in [-0.05, 0) is 6.07 Å². The monoisotopic (exact) mass is 224 g/mol. The van der Waals surface area contributed by atoms with Crippen molar-refractivity contribution in [2.75, 3.05) is 0 Å². The number of nitrogens with zero attached hydrogens (tertiary/aromatic N) is 1. The van der Waals surface area contributed by atoms with Crippen LogP contribution in [0, 0.1) is 10.1 Å². The first-order valence-corrected chi connectivity index (χ1v) is 4.43. The van der Waals surface area contributed by atoms with Crippen molar-refractivity contribution in [1.29, 1.82) is 0 Å². The van der Waals surface area contributed by atoms with Gasteiger partial charge in [-0.25, -0.2) is 0 Å². The highest BCUT2D eigenvalue weighted by Crippen LogP contribution is 2.21. The third-order valence-corrected chi connectivity index (χ3v) is 2.32. The highest BCUT2D eigenvalue weighted by molar-refractivity contribution is 6.35. The number of nitro groups is 1. The maximum absolute atomic E-state index is 11.3. The summed E-state index contributed by atoms with van der Waals surface area (Å²) in [6.07, 6.45) is 0. The normalized spacial score (nSPS) is 10.5. The molecule has 1 aromatic carbocycles. The predicted octanol–water partition coefficient (Wildman–Crippen LogP) is 2.09. The number of hydrogen-bond donors (Lipinski definition) is 1. The lowest BCUT2D eigenvalue weighted by Crippen LogP contribution is -2.11. The first-order valence-electron chi connectivity index (χ1n) is 4.05. The average Bonchev–Trinajstić information content (AvgIpc) is 2.18. The zero-order valence-electron chi connectivity index (χ0n) is 7.36. The first kappa shape index (κ1) is 9.67. The summed E-state index contributed by atoms with van der Waals surface area (Å²) in [4.78, 5) is 23.4. The molecule has 0 spiro atoms. The standard InChI is InChI=1S/C9H5ClN2O3/c10-6-3-1-2-5-4-7(12(14)15)9(13)11-8(5)6/h1-4H,(H,11,13). The molecule has 0 radical (unpaired) electrons. The van der Waals surface area contributed by atoms with Gasteiger partial charge < -0.3 is 4.98 Å². The van der Waals surface area contributed by atoms with Crippen molar-refractivity contribution in [1.82, 2.24) is 4.98 Å². The van der Waals surface area contributed by atoms with Crippen molar-refractivity contribution in [3.05, 3.63) is 49.8 Å². The van der Waals surface area contributed by atoms with Gasteiger partial charge in [-0.2, -0.15) is 0 Å². The summed E-state index contributed by atoms with van der Waals surface area (Å²) < 4.78 is 0. The molecule has 5 nitrogen and oxygen atoms in total. The van der Waals surface area contributed by atoms with Crippen molar-refractivity contribution in [3.63, 3.8) is 0 Å². The lowest BCUT2D eigenvalue weighted by atomic mass is 10.2. The average molecular weight is 225 g/mol. The van der Waals surface area contributed by atoms with E-state index in [1.807, 2.05) is 0 Å². The molecule has 6 heteroatoms. The van der Waals surface area contributed by atoms with Gasteiger partial charge in [0.2, 0.25) is 0 Å². The highest BCUT2D eigenvalue weighted by Gasteiger charge is 2.13. The number of aromatic amines is 1. The molecule has 0 aliphatic rings. The van der Waals surface area contributed by atoms with E-state index in [1.165, 1.54) is 6.07 Å². The van der Waals surface area contributed by atoms with E-state index in [4.69, 9.17) is 11.6 Å². The molecule has 0 bridgehead atoms. The van der Waals surface area contributed by atoms with Gasteiger partial charge in [0.25, 0.3) is 0 Å². The molecule has 0 amide bonds. The minimum Gasteiger partial charge on any atom is -0.315 e. The van der Waals surface area contributed by atoms with Gasteiger partial charge >= 0.3 is 11.2 Å². The van der Waals surface area contributed by atoms with E-state index in [1.54, 1.807) is 18.2 Å². The maximum atomic E-state index is 11.3. The Morgan fingerprint density at radius 1 is 1.40 bits per heavy atom. The van der Waals surface area contributed by atoms with Crippen LogP contribution in [0.15, 0.2) is 29.1 Å². The van der Waals surface area contributed by atoms with Crippen LogP contribution in [0.4, 0.5) is 5.69 Å². The van der Waals surface area contributed by atoms with Crippen LogP contribution in [-0.4, -0.2) is 9.91 Å². The molecule has 1 N–H and O–H groups in total. The summed E-state index contributed by atoms with van der Waals surface area (Å²) in [5.74, 6) is 0. The van der Waals surface area contributed by atoms with Crippen molar-refractivity contribution in [2.24, 2.45) is 0 Å². The lowest BCUT2D eigenvalue weighted by Gasteiger charge is -1.99. The number of pyridine rings is 1. The lowest BCUT2D eigenvalue weighted by molar-refractivity contribution is -0.386. The predicted molar refractivity (Wildman–Crippen MR) is 56.2 cm³/mol. The summed E-state index contributed by atoms with van der Waals surface area (Å²) in [5.41, 5.74) is -0.819. The van der Waals surface area contributed by atoms with E-state index in [0.717, 1.165) is 0 Å². The van der Waals surface area contributed by atoms with Crippen LogP contribution in [0.5, 0.6) is 0 Å². The van der Waals surface area contributed by atoms with Gasteiger partial charge in [-0.3, -0.25) is 14.9 Å². The summed E-state index contributed by atoms with van der Waals surface area (Å²) in [6, 6.07) is 6.11. The van der Waals surface area contributed by atoms with E-state index >= 15 is 0 Å². The van der Waals surface area contributed by atoms with Crippen molar-refractivity contribution in [3.8, 4) is 0 Å². The summed E-state index contributed by atoms with van der Waals surface area (Å²) in [5, 5.41) is 11.4. The second-order valence-corrected chi connectivity index (χ2v) is 3.35. The summed E-state index contributed by atoms with van der Waals surface area (Å²) >= 11 is 5.82. The van der Waals surface area contributed by atoms with Gasteiger partial charge in [-0.15, -0.1) is 0 Å². The minimum absolute atomic E-state index is 0.361. The number of para-hydroxylation sites is 1. The Bertz CT molecular complexity index is 606. The summed E-state index contributed by atoms with van der Waals surface area (Å²) in [6.45, 7) is 0. The molecule has 76 valence electrons. The topological polar surface area (TPSA) is 76.0 Å². The molecule has 2 aromatic rings. The number of nitrogens with one attached hydrogen (secondary N) is 1. The largest absolute Gasteiger partial charge is 0.334 e. The number of halogens is 1. The fourth-order valence-electron chi connectivity index (χ4n) is 1.32. The Morgan fingerprint density at radius 2 is 2.13 bits per heavy atom. The Balaban J connectivity index is 2.88. The minimum atomic E-state index is -0.749. The molecule has 0 aliphatic heterocycles. The Kier molecular flexibility index (Phi) is 2.17. The number of fused-ring (bicyclic) bond motifs is 1. The van der Waals surface area contributed by atoms with E-state index in [9.17, 15) is 14.9 Å². The fraction of sp³-hybridized carbons (Fsp3) is 0. The third-order valence-electron chi connectivity index (χ3n) is 2.01. The second-order valence-electron chi connectivity index (χ2n) is 2.94. The smallest absolute Gasteiger partial charge is 0.315 e. The molecular formula is C9H5ClN2O3. The van der Waals surface area contributed by atoms with Gasteiger partial charge in [0.15, 0.2) is 0 Å². The molecule has 0 saturated carbocycles. The van der Waals surface area contributed by atoms with E-state index < -0.39 is 16.2 Å². The summed E-state index contributed by atoms with van der Waals surface area (Å²) in [7, 11) is 0. The zero-order valence-corrected chi connectivity index (χ0v) is 8.12. The molecule has 2 rings (SSSR count). The molecule has 0 fully saturated rings. The molecule has 1 heterocycles. The number of aromatic nitrogens is 1. The van der Waals surface area contributed by atoms with E-state index in [0.29, 0.717) is 15.9 Å². The highest BCUT2D eigenvalue weighted by atomic mass is 35.5. The number of rotatable bonds is 1. The van der Waals surface area contributed by atoms with E-state index in [-0.39, 0.29) is 0 Å². The van der Waals surface area contributed by atoms with Crippen LogP contribution in [0.2, 0.25) is 5.02 Å². The van der Waals surface area contributed by atoms with Crippen LogP contribution in [-0.2, 0) is 0 Å². The molecule has 15 heavy (non-hydrogen) atoms. The van der Waals surface area contributed by atoms with Crippen molar-refractivity contribution in [2.45, 2.75) is 0 Å². The molecule has 0 unspecified atom stereocenters. The number of hydrogen-bond acceptors (Lipinski definition) is 3. The van der Waals surface area contributed by atoms with Crippen LogP contribution in [0.3, 0.4) is 0 Å². The third kappa shape index (κ3) is 1.57. The Hall–Kier alpha value is -1.88. The van der Waals surface area contributed by atoms with Gasteiger partial charge in [0, 0.05) is 11.5 Å². The quantitative estimate of drug-likeness (QED) is 0.595. The van der Waals surface area contributed by atoms with Crippen molar-refractivity contribution < 1.29 is 4.92 Å². The number of benzene rings is 1. The SMILES string of the molecule is O=c1[nH]c2c(Cl)cccc2cc1[N+](=O)[O-]. The zero-order chi connectivity index (χ0) is 11.0. The van der Waals surface area contributed by atoms with Gasteiger partial charge in [0.05, 0.1) is 15.5 Å². The fourth-order valence-corrected chi connectivity index (χ4v) is 1.55. The van der Waals surface area contributed by atoms with E-state index in [2.05, 4.69) is 4.98 Å². The second kappa shape index (κ2) is 3.36. The Labute approximate surface area is 88.5 Å². The van der Waals surface area contributed by atoms with Crippen LogP contribution >= 0.6 is 11.6 Å². The van der Waals surface area contributed by atoms with Crippen LogP contribution in [0.1, 0.15) is 0 Å². The van der Waals surface area contributed by atoms with Crippen LogP contribution < -0.4 is 5.56 Å². The Morgan fingerprint density at radius 3 is 2.80 bits per heavy atom. The van der Waals surface area contributed by atoms with Crippen LogP contribution in [0.25, 0.3) is 10.9 Å². The van der Waals surface area contributed by atoms with Gasteiger partial charge in [-0.1, -0.05) is 23.7 Å². The molecule has 0 aliphatic carbocycles. The molecule has 1 aromatic heterocycles. The van der Waals surface area contributed by atoms with Gasteiger partial charge in [0.1, 0.15) is 0 Å². The molecule has 0 saturated heterocycles. The molecule has 0 atom stereocenters.